The van der Waals surface area contributed by atoms with E-state index in [-0.39, 0.29) is 0 Å². The zero-order chi connectivity index (χ0) is 17.5. The monoisotopic (exact) mass is 330 g/mol. The van der Waals surface area contributed by atoms with Crippen molar-refractivity contribution in [3.05, 3.63) is 90.5 Å². The van der Waals surface area contributed by atoms with E-state index in [1.54, 1.807) is 25.3 Å². The number of hydrogen-bond donors (Lipinski definition) is 0. The third-order valence-corrected chi connectivity index (χ3v) is 3.72. The molecule has 0 atom stereocenters. The molecule has 0 saturated heterocycles. The number of esters is 1. The van der Waals surface area contributed by atoms with E-state index in [1.807, 2.05) is 66.7 Å². The number of benzene rings is 3. The van der Waals surface area contributed by atoms with Crippen LogP contribution in [0.3, 0.4) is 0 Å². The summed E-state index contributed by atoms with van der Waals surface area (Å²) in [6.45, 7) is 0. The Kier molecular flexibility index (Phi) is 5.27. The highest BCUT2D eigenvalue weighted by Crippen LogP contribution is 2.22. The molecular formula is C22H18O3. The summed E-state index contributed by atoms with van der Waals surface area (Å²) in [4.78, 5) is 12.0. The van der Waals surface area contributed by atoms with Gasteiger partial charge in [0.2, 0.25) is 0 Å². The Morgan fingerprint density at radius 1 is 0.800 bits per heavy atom. The Labute approximate surface area is 147 Å². The van der Waals surface area contributed by atoms with E-state index in [9.17, 15) is 4.79 Å². The molecule has 0 aliphatic rings. The minimum absolute atomic E-state index is 0.432. The first-order valence-corrected chi connectivity index (χ1v) is 7.94. The third-order valence-electron chi connectivity index (χ3n) is 3.72. The maximum absolute atomic E-state index is 12.0. The van der Waals surface area contributed by atoms with E-state index in [0.29, 0.717) is 11.5 Å². The average molecular weight is 330 g/mol. The molecule has 3 rings (SSSR count). The third kappa shape index (κ3) is 4.36. The van der Waals surface area contributed by atoms with Crippen LogP contribution < -0.4 is 9.47 Å². The molecule has 0 radical (unpaired) electrons. The van der Waals surface area contributed by atoms with Crippen LogP contribution >= 0.6 is 0 Å². The minimum atomic E-state index is -0.432. The van der Waals surface area contributed by atoms with Gasteiger partial charge in [0.05, 0.1) is 7.11 Å². The number of methoxy groups -OCH3 is 1. The fourth-order valence-corrected chi connectivity index (χ4v) is 2.46. The van der Waals surface area contributed by atoms with Gasteiger partial charge in [-0.3, -0.25) is 0 Å². The molecular weight excluding hydrogens is 312 g/mol. The molecule has 3 heteroatoms. The van der Waals surface area contributed by atoms with E-state index < -0.39 is 5.97 Å². The lowest BCUT2D eigenvalue weighted by Gasteiger charge is -2.05. The van der Waals surface area contributed by atoms with Crippen molar-refractivity contribution in [2.24, 2.45) is 0 Å². The fraction of sp³-hybridized carbons (Fsp3) is 0.0455. The lowest BCUT2D eigenvalue weighted by Crippen LogP contribution is -2.03. The first-order valence-electron chi connectivity index (χ1n) is 7.94. The van der Waals surface area contributed by atoms with Gasteiger partial charge in [0, 0.05) is 11.6 Å². The van der Waals surface area contributed by atoms with Gasteiger partial charge >= 0.3 is 5.97 Å². The first-order chi connectivity index (χ1) is 12.3. The van der Waals surface area contributed by atoms with Gasteiger partial charge in [-0.1, -0.05) is 60.7 Å². The maximum atomic E-state index is 12.0. The second kappa shape index (κ2) is 7.97. The van der Waals surface area contributed by atoms with Crippen LogP contribution in [0.25, 0.3) is 17.2 Å². The maximum Gasteiger partial charge on any atom is 0.336 e. The first kappa shape index (κ1) is 16.5. The van der Waals surface area contributed by atoms with E-state index in [2.05, 4.69) is 0 Å². The summed E-state index contributed by atoms with van der Waals surface area (Å²) >= 11 is 0. The summed E-state index contributed by atoms with van der Waals surface area (Å²) in [5, 5.41) is 0. The van der Waals surface area contributed by atoms with E-state index >= 15 is 0 Å². The van der Waals surface area contributed by atoms with Crippen molar-refractivity contribution < 1.29 is 14.3 Å². The Hall–Kier alpha value is -3.33. The zero-order valence-corrected chi connectivity index (χ0v) is 13.9. The van der Waals surface area contributed by atoms with Crippen molar-refractivity contribution in [3.8, 4) is 22.6 Å². The quantitative estimate of drug-likeness (QED) is 0.376. The molecule has 25 heavy (non-hydrogen) atoms. The molecule has 0 aliphatic carbocycles. The number of hydrogen-bond acceptors (Lipinski definition) is 3. The van der Waals surface area contributed by atoms with Crippen LogP contribution in [0.4, 0.5) is 0 Å². The molecule has 0 aromatic heterocycles. The van der Waals surface area contributed by atoms with Gasteiger partial charge in [0.25, 0.3) is 0 Å². The number of ether oxygens (including phenoxy) is 2. The van der Waals surface area contributed by atoms with Crippen molar-refractivity contribution in [1.82, 2.24) is 0 Å². The smallest absolute Gasteiger partial charge is 0.336 e. The predicted octanol–water partition coefficient (Wildman–Crippen LogP) is 4.98. The molecule has 0 unspecified atom stereocenters. The lowest BCUT2D eigenvalue weighted by molar-refractivity contribution is -0.128. The predicted molar refractivity (Wildman–Crippen MR) is 99.5 cm³/mol. The zero-order valence-electron chi connectivity index (χ0n) is 13.9. The van der Waals surface area contributed by atoms with Crippen molar-refractivity contribution >= 4 is 12.0 Å². The molecule has 0 heterocycles. The number of rotatable bonds is 5. The molecule has 0 fully saturated rings. The second-order valence-corrected chi connectivity index (χ2v) is 5.39. The van der Waals surface area contributed by atoms with Gasteiger partial charge in [-0.05, 0) is 35.4 Å². The van der Waals surface area contributed by atoms with Gasteiger partial charge < -0.3 is 9.47 Å². The molecule has 3 aromatic rings. The largest absolute Gasteiger partial charge is 0.496 e. The summed E-state index contributed by atoms with van der Waals surface area (Å²) in [5.74, 6) is 0.784. The van der Waals surface area contributed by atoms with Gasteiger partial charge in [0.15, 0.2) is 0 Å². The second-order valence-electron chi connectivity index (χ2n) is 5.39. The Morgan fingerprint density at radius 2 is 1.44 bits per heavy atom. The normalized spacial score (nSPS) is 10.6. The average Bonchev–Trinajstić information content (AvgIpc) is 2.68. The van der Waals surface area contributed by atoms with E-state index in [0.717, 1.165) is 16.7 Å². The van der Waals surface area contributed by atoms with Gasteiger partial charge in [0.1, 0.15) is 11.5 Å². The highest BCUT2D eigenvalue weighted by atomic mass is 16.5. The summed E-state index contributed by atoms with van der Waals surface area (Å²) in [6.07, 6.45) is 3.07. The summed E-state index contributed by atoms with van der Waals surface area (Å²) in [5.41, 5.74) is 3.02. The number of carbonyl (C=O) groups excluding carboxylic acids is 1. The van der Waals surface area contributed by atoms with Crippen molar-refractivity contribution in [3.63, 3.8) is 0 Å². The number of para-hydroxylation sites is 1. The fourth-order valence-electron chi connectivity index (χ4n) is 2.46. The number of carbonyl (C=O) groups is 1. The molecule has 0 aliphatic heterocycles. The topological polar surface area (TPSA) is 35.5 Å². The summed E-state index contributed by atoms with van der Waals surface area (Å²) in [7, 11) is 1.60. The van der Waals surface area contributed by atoms with Crippen molar-refractivity contribution in [2.45, 2.75) is 0 Å². The summed E-state index contributed by atoms with van der Waals surface area (Å²) < 4.78 is 10.6. The van der Waals surface area contributed by atoms with Crippen LogP contribution in [-0.4, -0.2) is 13.1 Å². The lowest BCUT2D eigenvalue weighted by atomic mass is 10.1. The molecule has 3 aromatic carbocycles. The summed E-state index contributed by atoms with van der Waals surface area (Å²) in [6, 6.07) is 25.0. The van der Waals surface area contributed by atoms with Crippen LogP contribution in [0.1, 0.15) is 5.56 Å². The van der Waals surface area contributed by atoms with Gasteiger partial charge in [-0.2, -0.15) is 0 Å². The Balaban J connectivity index is 1.66. The molecule has 3 nitrogen and oxygen atoms in total. The van der Waals surface area contributed by atoms with Gasteiger partial charge in [-0.15, -0.1) is 0 Å². The Bertz CT molecular complexity index is 865. The minimum Gasteiger partial charge on any atom is -0.496 e. The van der Waals surface area contributed by atoms with E-state index in [1.165, 1.54) is 6.08 Å². The highest BCUT2D eigenvalue weighted by Gasteiger charge is 2.03. The van der Waals surface area contributed by atoms with Crippen LogP contribution in [0.5, 0.6) is 11.5 Å². The molecule has 0 bridgehead atoms. The van der Waals surface area contributed by atoms with Crippen LogP contribution in [0.2, 0.25) is 0 Å². The molecule has 0 amide bonds. The van der Waals surface area contributed by atoms with Crippen LogP contribution in [0.15, 0.2) is 84.9 Å². The standard InChI is InChI=1S/C22H18O3/c1-24-21-10-6-5-9-19(21)13-16-22(23)25-20-14-11-18(12-15-20)17-7-3-2-4-8-17/h2-16H,1H3/b16-13+. The van der Waals surface area contributed by atoms with Crippen LogP contribution in [0, 0.1) is 0 Å². The molecule has 0 spiro atoms. The molecule has 0 saturated carbocycles. The molecule has 124 valence electrons. The van der Waals surface area contributed by atoms with Crippen molar-refractivity contribution in [1.29, 1.82) is 0 Å². The Morgan fingerprint density at radius 3 is 2.16 bits per heavy atom. The van der Waals surface area contributed by atoms with E-state index in [4.69, 9.17) is 9.47 Å². The SMILES string of the molecule is COc1ccccc1/C=C/C(=O)Oc1ccc(-c2ccccc2)cc1. The highest BCUT2D eigenvalue weighted by molar-refractivity contribution is 5.89. The van der Waals surface area contributed by atoms with Crippen LogP contribution in [-0.2, 0) is 4.79 Å². The van der Waals surface area contributed by atoms with Gasteiger partial charge in [-0.25, -0.2) is 4.79 Å². The van der Waals surface area contributed by atoms with Crippen molar-refractivity contribution in [2.75, 3.05) is 7.11 Å². The molecule has 0 N–H and O–H groups in total.